The number of ether oxygens (including phenoxy) is 2. The van der Waals surface area contributed by atoms with E-state index in [4.69, 9.17) is 14.6 Å². The highest BCUT2D eigenvalue weighted by molar-refractivity contribution is 9.10. The zero-order valence-corrected chi connectivity index (χ0v) is 16.8. The summed E-state index contributed by atoms with van der Waals surface area (Å²) in [6, 6.07) is 7.77. The van der Waals surface area contributed by atoms with Crippen molar-refractivity contribution in [1.29, 1.82) is 0 Å². The summed E-state index contributed by atoms with van der Waals surface area (Å²) in [5.74, 6) is -0.959. The first kappa shape index (κ1) is 19.2. The van der Waals surface area contributed by atoms with Crippen molar-refractivity contribution in [3.05, 3.63) is 34.3 Å². The number of hydrogen-bond donors (Lipinski definition) is 1. The quantitative estimate of drug-likeness (QED) is 0.793. The first-order chi connectivity index (χ1) is 12.1. The summed E-state index contributed by atoms with van der Waals surface area (Å²) in [6.45, 7) is 5.69. The van der Waals surface area contributed by atoms with Crippen LogP contribution in [-0.4, -0.2) is 46.9 Å². The predicted molar refractivity (Wildman–Crippen MR) is 98.9 cm³/mol. The Morgan fingerprint density at radius 1 is 1.38 bits per heavy atom. The maximum atomic E-state index is 12.5. The zero-order valence-electron chi connectivity index (χ0n) is 15.2. The van der Waals surface area contributed by atoms with Crippen LogP contribution in [0.4, 0.5) is 4.79 Å². The van der Waals surface area contributed by atoms with Crippen molar-refractivity contribution >= 4 is 28.0 Å². The number of halogens is 1. The molecule has 1 heterocycles. The lowest BCUT2D eigenvalue weighted by atomic mass is 9.82. The molecule has 1 aliphatic heterocycles. The maximum Gasteiger partial charge on any atom is 0.410 e. The summed E-state index contributed by atoms with van der Waals surface area (Å²) < 4.78 is 12.4. The summed E-state index contributed by atoms with van der Waals surface area (Å²) in [5.41, 5.74) is -0.282. The van der Waals surface area contributed by atoms with Gasteiger partial charge in [-0.3, -0.25) is 0 Å². The molecule has 2 fully saturated rings. The van der Waals surface area contributed by atoms with Crippen LogP contribution in [0.3, 0.4) is 0 Å². The number of carboxylic acid groups (broad SMARTS) is 1. The number of carboxylic acids is 1. The van der Waals surface area contributed by atoms with Crippen LogP contribution in [-0.2, 0) is 19.9 Å². The van der Waals surface area contributed by atoms with E-state index in [1.165, 1.54) is 0 Å². The standard InChI is InChI=1S/C19H24BrNO5/c1-18(2,3)26-17(24)21-10-13-8-15(21)9-19(13,25-11-16(22)23)12-5-4-6-14(20)7-12/h4-7,13,15H,8-11H2,1-3H3,(H,22,23). The van der Waals surface area contributed by atoms with Gasteiger partial charge in [0.05, 0.1) is 0 Å². The highest BCUT2D eigenvalue weighted by Crippen LogP contribution is 2.53. The van der Waals surface area contributed by atoms with Gasteiger partial charge in [-0.1, -0.05) is 28.1 Å². The summed E-state index contributed by atoms with van der Waals surface area (Å²) in [6.07, 6.45) is 1.04. The van der Waals surface area contributed by atoms with E-state index in [0.29, 0.717) is 13.0 Å². The van der Waals surface area contributed by atoms with Crippen LogP contribution in [0.25, 0.3) is 0 Å². The van der Waals surface area contributed by atoms with Gasteiger partial charge in [0, 0.05) is 29.4 Å². The molecule has 0 aromatic heterocycles. The Kier molecular flexibility index (Phi) is 5.05. The van der Waals surface area contributed by atoms with E-state index in [0.717, 1.165) is 16.5 Å². The lowest BCUT2D eigenvalue weighted by molar-refractivity contribution is -0.157. The maximum absolute atomic E-state index is 12.5. The second-order valence-electron chi connectivity index (χ2n) is 8.01. The molecule has 2 aliphatic rings. The SMILES string of the molecule is CC(C)(C)OC(=O)N1CC2CC1CC2(OCC(=O)O)c1cccc(Br)c1. The molecule has 26 heavy (non-hydrogen) atoms. The number of nitrogens with zero attached hydrogens (tertiary/aromatic N) is 1. The molecule has 7 heteroatoms. The summed E-state index contributed by atoms with van der Waals surface area (Å²) in [5, 5.41) is 9.11. The normalized spacial score (nSPS) is 27.6. The highest BCUT2D eigenvalue weighted by Gasteiger charge is 2.58. The van der Waals surface area contributed by atoms with Gasteiger partial charge in [0.25, 0.3) is 0 Å². The Morgan fingerprint density at radius 2 is 2.12 bits per heavy atom. The fourth-order valence-electron chi connectivity index (χ4n) is 4.06. The molecule has 1 aromatic rings. The molecule has 3 rings (SSSR count). The molecule has 1 N–H and O–H groups in total. The highest BCUT2D eigenvalue weighted by atomic mass is 79.9. The number of carbonyl (C=O) groups excluding carboxylic acids is 1. The number of amides is 1. The zero-order chi connectivity index (χ0) is 19.1. The molecule has 1 saturated carbocycles. The van der Waals surface area contributed by atoms with Gasteiger partial charge < -0.3 is 19.5 Å². The second-order valence-corrected chi connectivity index (χ2v) is 8.92. The van der Waals surface area contributed by atoms with Crippen molar-refractivity contribution < 1.29 is 24.2 Å². The summed E-state index contributed by atoms with van der Waals surface area (Å²) >= 11 is 3.48. The third kappa shape index (κ3) is 3.74. The van der Waals surface area contributed by atoms with E-state index in [1.54, 1.807) is 4.90 Å². The van der Waals surface area contributed by atoms with Crippen molar-refractivity contribution in [2.45, 2.75) is 50.9 Å². The van der Waals surface area contributed by atoms with Crippen LogP contribution in [0.1, 0.15) is 39.2 Å². The number of fused-ring (bicyclic) bond motifs is 2. The Bertz CT molecular complexity index is 716. The van der Waals surface area contributed by atoms with E-state index < -0.39 is 17.2 Å². The van der Waals surface area contributed by atoms with Crippen molar-refractivity contribution in [2.24, 2.45) is 5.92 Å². The van der Waals surface area contributed by atoms with E-state index in [9.17, 15) is 9.59 Å². The van der Waals surface area contributed by atoms with Crippen LogP contribution < -0.4 is 0 Å². The topological polar surface area (TPSA) is 76.1 Å². The van der Waals surface area contributed by atoms with Crippen molar-refractivity contribution in [3.63, 3.8) is 0 Å². The Labute approximate surface area is 161 Å². The molecule has 1 aromatic carbocycles. The van der Waals surface area contributed by atoms with Gasteiger partial charge in [-0.05, 0) is 44.9 Å². The van der Waals surface area contributed by atoms with Crippen molar-refractivity contribution in [1.82, 2.24) is 4.90 Å². The molecule has 6 nitrogen and oxygen atoms in total. The molecule has 2 bridgehead atoms. The van der Waals surface area contributed by atoms with Crippen LogP contribution in [0.2, 0.25) is 0 Å². The summed E-state index contributed by atoms with van der Waals surface area (Å²) in [4.78, 5) is 25.4. The molecule has 1 saturated heterocycles. The van der Waals surface area contributed by atoms with Gasteiger partial charge in [0.2, 0.25) is 0 Å². The molecule has 1 amide bonds. The van der Waals surface area contributed by atoms with Crippen LogP contribution in [0.5, 0.6) is 0 Å². The smallest absolute Gasteiger partial charge is 0.410 e. The fraction of sp³-hybridized carbons (Fsp3) is 0.579. The van der Waals surface area contributed by atoms with E-state index in [-0.39, 0.29) is 24.7 Å². The van der Waals surface area contributed by atoms with Crippen LogP contribution >= 0.6 is 15.9 Å². The van der Waals surface area contributed by atoms with Crippen LogP contribution in [0.15, 0.2) is 28.7 Å². The van der Waals surface area contributed by atoms with Gasteiger partial charge >= 0.3 is 12.1 Å². The monoisotopic (exact) mass is 425 g/mol. The van der Waals surface area contributed by atoms with Crippen molar-refractivity contribution in [2.75, 3.05) is 13.2 Å². The number of rotatable bonds is 4. The number of aliphatic carboxylic acids is 1. The third-order valence-corrected chi connectivity index (χ3v) is 5.50. The molecule has 0 spiro atoms. The predicted octanol–water partition coefficient (Wildman–Crippen LogP) is 3.77. The first-order valence-corrected chi connectivity index (χ1v) is 9.51. The fourth-order valence-corrected chi connectivity index (χ4v) is 4.46. The average Bonchev–Trinajstić information content (AvgIpc) is 3.10. The molecule has 3 atom stereocenters. The Morgan fingerprint density at radius 3 is 2.65 bits per heavy atom. The Balaban J connectivity index is 1.84. The number of piperidine rings is 1. The third-order valence-electron chi connectivity index (χ3n) is 5.01. The summed E-state index contributed by atoms with van der Waals surface area (Å²) in [7, 11) is 0. The number of likely N-dealkylation sites (tertiary alicyclic amines) is 1. The molecule has 3 unspecified atom stereocenters. The molecule has 142 valence electrons. The lowest BCUT2D eigenvalue weighted by Gasteiger charge is -2.41. The number of carbonyl (C=O) groups is 2. The minimum absolute atomic E-state index is 0.0115. The number of benzene rings is 1. The lowest BCUT2D eigenvalue weighted by Crippen LogP contribution is -2.49. The number of hydrogen-bond acceptors (Lipinski definition) is 4. The van der Waals surface area contributed by atoms with E-state index in [1.807, 2.05) is 45.0 Å². The molecule has 0 radical (unpaired) electrons. The largest absolute Gasteiger partial charge is 0.480 e. The average molecular weight is 426 g/mol. The molecular weight excluding hydrogens is 402 g/mol. The van der Waals surface area contributed by atoms with Crippen LogP contribution in [0, 0.1) is 5.92 Å². The first-order valence-electron chi connectivity index (χ1n) is 8.72. The minimum atomic E-state index is -0.994. The van der Waals surface area contributed by atoms with Gasteiger partial charge in [0.15, 0.2) is 0 Å². The van der Waals surface area contributed by atoms with Gasteiger partial charge in [0.1, 0.15) is 17.8 Å². The molecule has 1 aliphatic carbocycles. The molecular formula is C19H24BrNO5. The van der Waals surface area contributed by atoms with E-state index >= 15 is 0 Å². The van der Waals surface area contributed by atoms with Gasteiger partial charge in [-0.2, -0.15) is 0 Å². The van der Waals surface area contributed by atoms with Gasteiger partial charge in [-0.25, -0.2) is 9.59 Å². The minimum Gasteiger partial charge on any atom is -0.480 e. The van der Waals surface area contributed by atoms with E-state index in [2.05, 4.69) is 15.9 Å². The van der Waals surface area contributed by atoms with Gasteiger partial charge in [-0.15, -0.1) is 0 Å². The van der Waals surface area contributed by atoms with Crippen molar-refractivity contribution in [3.8, 4) is 0 Å². The Hall–Kier alpha value is -1.60. The second kappa shape index (κ2) is 6.85.